The predicted molar refractivity (Wildman–Crippen MR) is 117 cm³/mol. The van der Waals surface area contributed by atoms with Crippen molar-refractivity contribution in [3.8, 4) is 17.1 Å². The van der Waals surface area contributed by atoms with E-state index in [1.54, 1.807) is 0 Å². The molecule has 7 nitrogen and oxygen atoms in total. The highest BCUT2D eigenvalue weighted by Gasteiger charge is 2.35. The Balaban J connectivity index is 1.46. The molecule has 1 aliphatic rings. The highest BCUT2D eigenvalue weighted by Crippen LogP contribution is 2.39. The molecule has 3 aromatic rings. The fourth-order valence-electron chi connectivity index (χ4n) is 3.99. The van der Waals surface area contributed by atoms with Gasteiger partial charge in [0.25, 0.3) is 0 Å². The fraction of sp³-hybridized carbons (Fsp3) is 0.375. The van der Waals surface area contributed by atoms with Crippen LogP contribution in [0, 0.1) is 0 Å². The Morgan fingerprint density at radius 1 is 1.21 bits per heavy atom. The molecule has 0 unspecified atom stereocenters. The van der Waals surface area contributed by atoms with E-state index in [0.717, 1.165) is 11.6 Å². The summed E-state index contributed by atoms with van der Waals surface area (Å²) >= 11 is 0. The molecule has 1 atom stereocenters. The van der Waals surface area contributed by atoms with Crippen LogP contribution in [0.4, 0.5) is 18.0 Å². The van der Waals surface area contributed by atoms with Crippen LogP contribution in [0.15, 0.2) is 53.1 Å². The van der Waals surface area contributed by atoms with Crippen molar-refractivity contribution in [1.29, 1.82) is 0 Å². The number of piperidine rings is 1. The van der Waals surface area contributed by atoms with Gasteiger partial charge in [-0.25, -0.2) is 4.79 Å². The van der Waals surface area contributed by atoms with Gasteiger partial charge in [0.15, 0.2) is 0 Å². The molecule has 0 saturated carbocycles. The molecule has 4 rings (SSSR count). The summed E-state index contributed by atoms with van der Waals surface area (Å²) in [6.45, 7) is 0.778. The highest BCUT2D eigenvalue weighted by atomic mass is 19.4. The van der Waals surface area contributed by atoms with Gasteiger partial charge >= 0.3 is 12.3 Å². The maximum Gasteiger partial charge on any atom is 0.419 e. The minimum Gasteiger partial charge on any atom is -0.493 e. The van der Waals surface area contributed by atoms with E-state index in [0.29, 0.717) is 32.2 Å². The molecular formula is C24H24F3N3O4. The lowest BCUT2D eigenvalue weighted by Crippen LogP contribution is -2.38. The van der Waals surface area contributed by atoms with E-state index < -0.39 is 17.8 Å². The lowest BCUT2D eigenvalue weighted by atomic mass is 9.98. The SMILES string of the molecule is O=C(O)N1CCC[C@@H](c2nc(-c3ccc(OCCCc4ccccc4)c(C(F)(F)F)c3)no2)C1. The molecule has 1 fully saturated rings. The number of benzene rings is 2. The number of ether oxygens (including phenoxy) is 1. The zero-order chi connectivity index (χ0) is 24.1. The van der Waals surface area contributed by atoms with Crippen LogP contribution < -0.4 is 4.74 Å². The zero-order valence-corrected chi connectivity index (χ0v) is 18.3. The molecule has 1 amide bonds. The van der Waals surface area contributed by atoms with Crippen molar-refractivity contribution in [3.05, 3.63) is 65.5 Å². The van der Waals surface area contributed by atoms with Crippen LogP contribution in [0.5, 0.6) is 5.75 Å². The van der Waals surface area contributed by atoms with E-state index in [-0.39, 0.29) is 42.1 Å². The van der Waals surface area contributed by atoms with Crippen LogP contribution in [-0.4, -0.2) is 45.9 Å². The quantitative estimate of drug-likeness (QED) is 0.446. The normalized spacial score (nSPS) is 16.4. The molecule has 0 radical (unpaired) electrons. The number of rotatable bonds is 7. The average molecular weight is 475 g/mol. The van der Waals surface area contributed by atoms with Crippen molar-refractivity contribution in [2.24, 2.45) is 0 Å². The first-order chi connectivity index (χ1) is 16.3. The van der Waals surface area contributed by atoms with Crippen LogP contribution in [0.2, 0.25) is 0 Å². The van der Waals surface area contributed by atoms with Crippen LogP contribution in [-0.2, 0) is 12.6 Å². The second-order valence-corrected chi connectivity index (χ2v) is 8.17. The van der Waals surface area contributed by atoms with Crippen LogP contribution >= 0.6 is 0 Å². The number of hydrogen-bond acceptors (Lipinski definition) is 5. The van der Waals surface area contributed by atoms with Gasteiger partial charge in [0.05, 0.1) is 18.1 Å². The fourth-order valence-corrected chi connectivity index (χ4v) is 3.99. The molecule has 0 bridgehead atoms. The summed E-state index contributed by atoms with van der Waals surface area (Å²) in [7, 11) is 0. The van der Waals surface area contributed by atoms with Crippen LogP contribution in [0.1, 0.15) is 42.2 Å². The van der Waals surface area contributed by atoms with Gasteiger partial charge in [-0.2, -0.15) is 18.2 Å². The first kappa shape index (κ1) is 23.6. The molecule has 1 aliphatic heterocycles. The number of hydrogen-bond donors (Lipinski definition) is 1. The molecule has 10 heteroatoms. The number of carbonyl (C=O) groups is 1. The minimum atomic E-state index is -4.62. The van der Waals surface area contributed by atoms with Crippen molar-refractivity contribution in [2.45, 2.75) is 37.8 Å². The van der Waals surface area contributed by atoms with E-state index in [2.05, 4.69) is 10.1 Å². The number of halogens is 3. The first-order valence-corrected chi connectivity index (χ1v) is 11.0. The van der Waals surface area contributed by atoms with Crippen molar-refractivity contribution in [2.75, 3.05) is 19.7 Å². The molecule has 1 aromatic heterocycles. The van der Waals surface area contributed by atoms with Gasteiger partial charge in [0, 0.05) is 18.7 Å². The van der Waals surface area contributed by atoms with E-state index in [1.807, 2.05) is 30.3 Å². The number of carboxylic acid groups (broad SMARTS) is 1. The Kier molecular flexibility index (Phi) is 7.04. The van der Waals surface area contributed by atoms with E-state index >= 15 is 0 Å². The van der Waals surface area contributed by atoms with Gasteiger partial charge in [-0.3, -0.25) is 0 Å². The Morgan fingerprint density at radius 2 is 2.00 bits per heavy atom. The summed E-state index contributed by atoms with van der Waals surface area (Å²) in [4.78, 5) is 16.8. The van der Waals surface area contributed by atoms with Gasteiger partial charge < -0.3 is 19.3 Å². The Hall–Kier alpha value is -3.56. The Morgan fingerprint density at radius 3 is 2.74 bits per heavy atom. The molecule has 1 saturated heterocycles. The molecular weight excluding hydrogens is 451 g/mol. The average Bonchev–Trinajstić information content (AvgIpc) is 3.32. The van der Waals surface area contributed by atoms with Crippen molar-refractivity contribution in [1.82, 2.24) is 15.0 Å². The maximum atomic E-state index is 13.7. The molecule has 34 heavy (non-hydrogen) atoms. The summed E-state index contributed by atoms with van der Waals surface area (Å²) in [5.74, 6) is -0.308. The summed E-state index contributed by atoms with van der Waals surface area (Å²) < 4.78 is 51.9. The highest BCUT2D eigenvalue weighted by molar-refractivity contribution is 5.65. The van der Waals surface area contributed by atoms with E-state index in [4.69, 9.17) is 9.26 Å². The van der Waals surface area contributed by atoms with Crippen molar-refractivity contribution >= 4 is 6.09 Å². The smallest absolute Gasteiger partial charge is 0.419 e. The number of amides is 1. The van der Waals surface area contributed by atoms with Gasteiger partial charge in [-0.1, -0.05) is 35.5 Å². The minimum absolute atomic E-state index is 0.0172. The maximum absolute atomic E-state index is 13.7. The van der Waals surface area contributed by atoms with Gasteiger partial charge in [0.2, 0.25) is 11.7 Å². The lowest BCUT2D eigenvalue weighted by molar-refractivity contribution is -0.138. The largest absolute Gasteiger partial charge is 0.493 e. The van der Waals surface area contributed by atoms with Gasteiger partial charge in [0.1, 0.15) is 5.75 Å². The third-order valence-corrected chi connectivity index (χ3v) is 5.74. The number of aryl methyl sites for hydroxylation is 1. The number of likely N-dealkylation sites (tertiary alicyclic amines) is 1. The van der Waals surface area contributed by atoms with Crippen LogP contribution in [0.3, 0.4) is 0 Å². The Bertz CT molecular complexity index is 1120. The topological polar surface area (TPSA) is 88.7 Å². The summed E-state index contributed by atoms with van der Waals surface area (Å²) in [5.41, 5.74) is 0.325. The number of nitrogens with zero attached hydrogens (tertiary/aromatic N) is 3. The predicted octanol–water partition coefficient (Wildman–Crippen LogP) is 5.62. The van der Waals surface area contributed by atoms with Crippen LogP contribution in [0.25, 0.3) is 11.4 Å². The van der Waals surface area contributed by atoms with Gasteiger partial charge in [-0.15, -0.1) is 0 Å². The van der Waals surface area contributed by atoms with Crippen molar-refractivity contribution < 1.29 is 32.3 Å². The number of aromatic nitrogens is 2. The molecule has 180 valence electrons. The summed E-state index contributed by atoms with van der Waals surface area (Å²) in [6, 6.07) is 13.3. The zero-order valence-electron chi connectivity index (χ0n) is 18.3. The second-order valence-electron chi connectivity index (χ2n) is 8.17. The van der Waals surface area contributed by atoms with Crippen molar-refractivity contribution in [3.63, 3.8) is 0 Å². The first-order valence-electron chi connectivity index (χ1n) is 11.0. The molecule has 2 aromatic carbocycles. The van der Waals surface area contributed by atoms with E-state index in [9.17, 15) is 23.1 Å². The van der Waals surface area contributed by atoms with Gasteiger partial charge in [-0.05, 0) is 49.4 Å². The summed E-state index contributed by atoms with van der Waals surface area (Å²) in [5, 5.41) is 13.0. The summed E-state index contributed by atoms with van der Waals surface area (Å²) in [6.07, 6.45) is -3.07. The second kappa shape index (κ2) is 10.1. The number of alkyl halides is 3. The third kappa shape index (κ3) is 5.67. The molecule has 0 aliphatic carbocycles. The Labute approximate surface area is 194 Å². The molecule has 0 spiro atoms. The van der Waals surface area contributed by atoms with E-state index in [1.165, 1.54) is 17.0 Å². The monoisotopic (exact) mass is 475 g/mol. The lowest BCUT2D eigenvalue weighted by Gasteiger charge is -2.28. The molecule has 1 N–H and O–H groups in total. The molecule has 2 heterocycles. The standard InChI is InChI=1S/C24H24F3N3O4/c25-24(26,27)19-14-17(10-11-20(19)33-13-5-8-16-6-2-1-3-7-16)21-28-22(34-29-21)18-9-4-12-30(15-18)23(31)32/h1-3,6-7,10-11,14,18H,4-5,8-9,12-13,15H2,(H,31,32)/t18-/m1/s1. The third-order valence-electron chi connectivity index (χ3n) is 5.74.